The number of nitrogens with one attached hydrogen (secondary N) is 1. The van der Waals surface area contributed by atoms with Crippen molar-refractivity contribution in [2.75, 3.05) is 6.61 Å². The van der Waals surface area contributed by atoms with Crippen molar-refractivity contribution in [3.8, 4) is 11.8 Å². The van der Waals surface area contributed by atoms with E-state index in [1.165, 1.54) is 0 Å². The van der Waals surface area contributed by atoms with Gasteiger partial charge in [-0.1, -0.05) is 25.5 Å². The molecule has 0 saturated heterocycles. The molecule has 1 aliphatic heterocycles. The Morgan fingerprint density at radius 2 is 2.00 bits per heavy atom. The molecule has 0 unspecified atom stereocenters. The van der Waals surface area contributed by atoms with E-state index in [0.717, 1.165) is 39.5 Å². The Kier molecular flexibility index (Phi) is 5.67. The number of aryl methyl sites for hydroxylation is 1. The third-order valence-electron chi connectivity index (χ3n) is 4.86. The zero-order valence-corrected chi connectivity index (χ0v) is 16.8. The van der Waals surface area contributed by atoms with E-state index < -0.39 is 5.54 Å². The molecule has 1 atom stereocenters. The lowest BCUT2D eigenvalue weighted by molar-refractivity contribution is -0.119. The first-order chi connectivity index (χ1) is 13.0. The number of unbranched alkanes of at least 4 members (excludes halogenated alkanes) is 1. The molecule has 1 aromatic heterocycles. The highest BCUT2D eigenvalue weighted by Gasteiger charge is 2.38. The molecule has 1 N–H and O–H groups in total. The number of carbonyl (C=O) groups excluding carboxylic acids is 1. The second-order valence-electron chi connectivity index (χ2n) is 7.07. The highest BCUT2D eigenvalue weighted by molar-refractivity contribution is 7.13. The molecule has 0 fully saturated rings. The van der Waals surface area contributed by atoms with E-state index in [4.69, 9.17) is 4.74 Å². The van der Waals surface area contributed by atoms with Crippen molar-refractivity contribution >= 4 is 22.8 Å². The lowest BCUT2D eigenvalue weighted by Crippen LogP contribution is -2.47. The molecular formula is C22H24N2O2S. The predicted octanol–water partition coefficient (Wildman–Crippen LogP) is 4.95. The van der Waals surface area contributed by atoms with Crippen molar-refractivity contribution in [1.82, 2.24) is 5.32 Å². The van der Waals surface area contributed by atoms with Crippen LogP contribution < -0.4 is 10.1 Å². The number of ether oxygens (including phenoxy) is 1. The molecular weight excluding hydrogens is 356 g/mol. The van der Waals surface area contributed by atoms with Crippen molar-refractivity contribution in [3.63, 3.8) is 0 Å². The summed E-state index contributed by atoms with van der Waals surface area (Å²) in [6.45, 7) is 6.88. The van der Waals surface area contributed by atoms with Gasteiger partial charge >= 0.3 is 0 Å². The van der Waals surface area contributed by atoms with Crippen LogP contribution in [0.5, 0.6) is 5.75 Å². The minimum atomic E-state index is -0.563. The van der Waals surface area contributed by atoms with Gasteiger partial charge in [-0.3, -0.25) is 4.79 Å². The fourth-order valence-electron chi connectivity index (χ4n) is 3.29. The largest absolute Gasteiger partial charge is 0.494 e. The number of nitrogens with zero attached hydrogens (tertiary/aromatic N) is 1. The van der Waals surface area contributed by atoms with E-state index in [2.05, 4.69) is 18.3 Å². The van der Waals surface area contributed by atoms with Crippen LogP contribution >= 0.6 is 11.3 Å². The van der Waals surface area contributed by atoms with Gasteiger partial charge in [0.1, 0.15) is 17.4 Å². The molecule has 1 amide bonds. The van der Waals surface area contributed by atoms with Crippen LogP contribution in [0.4, 0.5) is 0 Å². The first-order valence-corrected chi connectivity index (χ1v) is 10.0. The molecule has 0 aliphatic carbocycles. The van der Waals surface area contributed by atoms with Crippen molar-refractivity contribution in [2.45, 2.75) is 45.6 Å². The van der Waals surface area contributed by atoms with E-state index >= 15 is 0 Å². The SMILES string of the molecule is CCCCOc1ccc([C@]2(C)CC(c3ccc(C)s3)=C(C#N)C(=O)N2)cc1. The van der Waals surface area contributed by atoms with Crippen LogP contribution in [-0.4, -0.2) is 12.5 Å². The molecule has 0 saturated carbocycles. The molecule has 4 nitrogen and oxygen atoms in total. The average Bonchev–Trinajstić information content (AvgIpc) is 3.08. The Hall–Kier alpha value is -2.58. The normalized spacial score (nSPS) is 19.6. The summed E-state index contributed by atoms with van der Waals surface area (Å²) >= 11 is 1.62. The minimum Gasteiger partial charge on any atom is -0.494 e. The number of benzene rings is 1. The van der Waals surface area contributed by atoms with Crippen molar-refractivity contribution in [2.24, 2.45) is 0 Å². The van der Waals surface area contributed by atoms with E-state index in [9.17, 15) is 10.1 Å². The average molecular weight is 381 g/mol. The maximum absolute atomic E-state index is 12.6. The number of amides is 1. The molecule has 3 rings (SSSR count). The summed E-state index contributed by atoms with van der Waals surface area (Å²) in [5, 5.41) is 12.5. The van der Waals surface area contributed by atoms with E-state index in [1.54, 1.807) is 11.3 Å². The van der Waals surface area contributed by atoms with E-state index in [0.29, 0.717) is 13.0 Å². The van der Waals surface area contributed by atoms with Gasteiger partial charge in [0.05, 0.1) is 12.1 Å². The van der Waals surface area contributed by atoms with Gasteiger partial charge in [-0.05, 0) is 55.7 Å². The molecule has 0 spiro atoms. The van der Waals surface area contributed by atoms with Crippen molar-refractivity contribution in [1.29, 1.82) is 5.26 Å². The van der Waals surface area contributed by atoms with Crippen LogP contribution in [0, 0.1) is 18.3 Å². The van der Waals surface area contributed by atoms with Gasteiger partial charge in [-0.25, -0.2) is 0 Å². The summed E-state index contributed by atoms with van der Waals surface area (Å²) < 4.78 is 5.73. The molecule has 0 radical (unpaired) electrons. The molecule has 27 heavy (non-hydrogen) atoms. The van der Waals surface area contributed by atoms with Gasteiger partial charge in [0.15, 0.2) is 0 Å². The molecule has 2 aromatic rings. The van der Waals surface area contributed by atoms with Crippen LogP contribution in [0.1, 0.15) is 48.4 Å². The fourth-order valence-corrected chi connectivity index (χ4v) is 4.21. The topological polar surface area (TPSA) is 62.1 Å². The molecule has 0 bridgehead atoms. The zero-order valence-electron chi connectivity index (χ0n) is 16.0. The number of nitriles is 1. The maximum Gasteiger partial charge on any atom is 0.262 e. The molecule has 5 heteroatoms. The summed E-state index contributed by atoms with van der Waals surface area (Å²) in [5.41, 5.74) is 1.48. The Labute approximate surface area is 164 Å². The number of rotatable bonds is 6. The molecule has 1 aromatic carbocycles. The van der Waals surface area contributed by atoms with E-state index in [1.807, 2.05) is 50.2 Å². The third kappa shape index (κ3) is 4.06. The van der Waals surface area contributed by atoms with Crippen molar-refractivity contribution in [3.05, 3.63) is 57.3 Å². The zero-order chi connectivity index (χ0) is 19.4. The predicted molar refractivity (Wildman–Crippen MR) is 109 cm³/mol. The minimum absolute atomic E-state index is 0.217. The first kappa shape index (κ1) is 19.2. The summed E-state index contributed by atoms with van der Waals surface area (Å²) in [6.07, 6.45) is 2.71. The lowest BCUT2D eigenvalue weighted by atomic mass is 9.80. The maximum atomic E-state index is 12.6. The van der Waals surface area contributed by atoms with Crippen LogP contribution in [-0.2, 0) is 10.3 Å². The van der Waals surface area contributed by atoms with Crippen LogP contribution in [0.25, 0.3) is 5.57 Å². The fraction of sp³-hybridized carbons (Fsp3) is 0.364. The van der Waals surface area contributed by atoms with Gasteiger partial charge in [0, 0.05) is 16.2 Å². The third-order valence-corrected chi connectivity index (χ3v) is 5.92. The molecule has 1 aliphatic rings. The van der Waals surface area contributed by atoms with Gasteiger partial charge in [0.2, 0.25) is 0 Å². The standard InChI is InChI=1S/C22H24N2O2S/c1-4-5-12-26-17-9-7-16(8-10-17)22(3)13-18(19(14-23)21(25)24-22)20-11-6-15(2)27-20/h6-11H,4-5,12-13H2,1-3H3,(H,24,25)/t22-/m0/s1. The summed E-state index contributed by atoms with van der Waals surface area (Å²) in [4.78, 5) is 14.8. The highest BCUT2D eigenvalue weighted by Crippen LogP contribution is 2.40. The Bertz CT molecular complexity index is 905. The molecule has 140 valence electrons. The van der Waals surface area contributed by atoms with Gasteiger partial charge < -0.3 is 10.1 Å². The second kappa shape index (κ2) is 7.98. The smallest absolute Gasteiger partial charge is 0.262 e. The highest BCUT2D eigenvalue weighted by atomic mass is 32.1. The second-order valence-corrected chi connectivity index (χ2v) is 8.35. The Balaban J connectivity index is 1.89. The van der Waals surface area contributed by atoms with Gasteiger partial charge in [0.25, 0.3) is 5.91 Å². The van der Waals surface area contributed by atoms with Crippen LogP contribution in [0.3, 0.4) is 0 Å². The monoisotopic (exact) mass is 380 g/mol. The van der Waals surface area contributed by atoms with E-state index in [-0.39, 0.29) is 11.5 Å². The first-order valence-electron chi connectivity index (χ1n) is 9.23. The lowest BCUT2D eigenvalue weighted by Gasteiger charge is -2.36. The Morgan fingerprint density at radius 3 is 2.59 bits per heavy atom. The molecule has 2 heterocycles. The van der Waals surface area contributed by atoms with Crippen LogP contribution in [0.15, 0.2) is 42.0 Å². The summed E-state index contributed by atoms with van der Waals surface area (Å²) in [7, 11) is 0. The summed E-state index contributed by atoms with van der Waals surface area (Å²) in [5.74, 6) is 0.524. The number of hydrogen-bond acceptors (Lipinski definition) is 4. The number of hydrogen-bond donors (Lipinski definition) is 1. The van der Waals surface area contributed by atoms with Gasteiger partial charge in [-0.2, -0.15) is 5.26 Å². The Morgan fingerprint density at radius 1 is 1.26 bits per heavy atom. The quantitative estimate of drug-likeness (QED) is 0.722. The van der Waals surface area contributed by atoms with Gasteiger partial charge in [-0.15, -0.1) is 11.3 Å². The van der Waals surface area contributed by atoms with Crippen LogP contribution in [0.2, 0.25) is 0 Å². The summed E-state index contributed by atoms with van der Waals surface area (Å²) in [6, 6.07) is 14.0. The number of carbonyl (C=O) groups is 1. The van der Waals surface area contributed by atoms with Crippen molar-refractivity contribution < 1.29 is 9.53 Å². The number of thiophene rings is 1.